The van der Waals surface area contributed by atoms with Crippen LogP contribution in [-0.4, -0.2) is 38.4 Å². The van der Waals surface area contributed by atoms with Crippen LogP contribution >= 0.6 is 11.8 Å². The quantitative estimate of drug-likeness (QED) is 0.537. The average molecular weight is 388 g/mol. The molecule has 0 spiro atoms. The molecule has 8 heteroatoms. The number of aromatic nitrogens is 3. The number of carbonyl (C=O) groups is 2. The largest absolute Gasteiger partial charge is 0.346 e. The number of para-hydroxylation sites is 1. The Kier molecular flexibility index (Phi) is 7.18. The van der Waals surface area contributed by atoms with Gasteiger partial charge in [0.05, 0.1) is 11.8 Å². The molecule has 2 N–H and O–H groups in total. The first-order chi connectivity index (χ1) is 12.8. The molecule has 0 aliphatic rings. The van der Waals surface area contributed by atoms with Gasteiger partial charge in [0, 0.05) is 12.2 Å². The monoisotopic (exact) mass is 387 g/mol. The fourth-order valence-electron chi connectivity index (χ4n) is 2.51. The Bertz CT molecular complexity index is 826. The summed E-state index contributed by atoms with van der Waals surface area (Å²) >= 11 is 1.30. The van der Waals surface area contributed by atoms with Crippen molar-refractivity contribution in [1.82, 2.24) is 20.1 Å². The van der Waals surface area contributed by atoms with Crippen LogP contribution in [0.15, 0.2) is 36.0 Å². The minimum atomic E-state index is -0.412. The van der Waals surface area contributed by atoms with E-state index in [2.05, 4.69) is 27.4 Å². The van der Waals surface area contributed by atoms with Crippen molar-refractivity contribution in [2.75, 3.05) is 11.9 Å². The number of hydrogen-bond donors (Lipinski definition) is 2. The van der Waals surface area contributed by atoms with Crippen molar-refractivity contribution < 1.29 is 9.59 Å². The van der Waals surface area contributed by atoms with Crippen LogP contribution in [-0.2, 0) is 16.1 Å². The SMILES string of the molecule is C=CCn1c(C)nnc1S[C@H](C)C(=O)NCC(=O)Nc1c(C)cccc1C. The molecule has 144 valence electrons. The van der Waals surface area contributed by atoms with Crippen molar-refractivity contribution in [3.8, 4) is 0 Å². The number of nitrogens with zero attached hydrogens (tertiary/aromatic N) is 3. The van der Waals surface area contributed by atoms with Gasteiger partial charge >= 0.3 is 0 Å². The van der Waals surface area contributed by atoms with Crippen molar-refractivity contribution in [3.05, 3.63) is 47.8 Å². The second-order valence-corrected chi connectivity index (χ2v) is 7.53. The lowest BCUT2D eigenvalue weighted by molar-refractivity contribution is -0.123. The van der Waals surface area contributed by atoms with E-state index in [0.717, 1.165) is 22.6 Å². The molecule has 27 heavy (non-hydrogen) atoms. The van der Waals surface area contributed by atoms with Crippen LogP contribution in [0.4, 0.5) is 5.69 Å². The summed E-state index contributed by atoms with van der Waals surface area (Å²) in [7, 11) is 0. The van der Waals surface area contributed by atoms with E-state index in [1.807, 2.05) is 43.5 Å². The number of allylic oxidation sites excluding steroid dienone is 1. The number of rotatable bonds is 8. The van der Waals surface area contributed by atoms with E-state index in [4.69, 9.17) is 0 Å². The van der Waals surface area contributed by atoms with Gasteiger partial charge < -0.3 is 15.2 Å². The van der Waals surface area contributed by atoms with Gasteiger partial charge in [-0.3, -0.25) is 9.59 Å². The van der Waals surface area contributed by atoms with Gasteiger partial charge in [0.15, 0.2) is 5.16 Å². The fourth-order valence-corrected chi connectivity index (χ4v) is 3.43. The first kappa shape index (κ1) is 20.7. The number of benzene rings is 1. The van der Waals surface area contributed by atoms with E-state index in [-0.39, 0.29) is 18.4 Å². The summed E-state index contributed by atoms with van der Waals surface area (Å²) in [5, 5.41) is 13.9. The Morgan fingerprint density at radius 2 is 1.93 bits per heavy atom. The van der Waals surface area contributed by atoms with E-state index >= 15 is 0 Å². The van der Waals surface area contributed by atoms with Gasteiger partial charge in [-0.05, 0) is 38.8 Å². The Morgan fingerprint density at radius 3 is 2.56 bits per heavy atom. The fraction of sp³-hybridized carbons (Fsp3) is 0.368. The average Bonchev–Trinajstić information content (AvgIpc) is 2.96. The molecule has 0 fully saturated rings. The van der Waals surface area contributed by atoms with Gasteiger partial charge in [-0.2, -0.15) is 0 Å². The summed E-state index contributed by atoms with van der Waals surface area (Å²) in [6.07, 6.45) is 1.75. The lowest BCUT2D eigenvalue weighted by Crippen LogP contribution is -2.37. The van der Waals surface area contributed by atoms with Gasteiger partial charge in [0.1, 0.15) is 5.82 Å². The molecular formula is C19H25N5O2S. The van der Waals surface area contributed by atoms with E-state index in [9.17, 15) is 9.59 Å². The summed E-state index contributed by atoms with van der Waals surface area (Å²) in [5.74, 6) is 0.268. The number of carbonyl (C=O) groups excluding carboxylic acids is 2. The molecule has 0 aliphatic carbocycles. The molecule has 0 unspecified atom stereocenters. The van der Waals surface area contributed by atoms with Crippen LogP contribution in [0.5, 0.6) is 0 Å². The van der Waals surface area contributed by atoms with Gasteiger partial charge in [0.2, 0.25) is 11.8 Å². The number of hydrogen-bond acceptors (Lipinski definition) is 5. The molecular weight excluding hydrogens is 362 g/mol. The van der Waals surface area contributed by atoms with Crippen molar-refractivity contribution in [2.45, 2.75) is 44.6 Å². The van der Waals surface area contributed by atoms with E-state index < -0.39 is 5.25 Å². The third kappa shape index (κ3) is 5.43. The third-order valence-electron chi connectivity index (χ3n) is 4.03. The number of amides is 2. The zero-order chi connectivity index (χ0) is 20.0. The predicted molar refractivity (Wildman–Crippen MR) is 108 cm³/mol. The molecule has 7 nitrogen and oxygen atoms in total. The van der Waals surface area contributed by atoms with Crippen LogP contribution in [0.1, 0.15) is 23.9 Å². The Hall–Kier alpha value is -2.61. The molecule has 2 amide bonds. The van der Waals surface area contributed by atoms with Crippen LogP contribution < -0.4 is 10.6 Å². The summed E-state index contributed by atoms with van der Waals surface area (Å²) in [5.41, 5.74) is 2.75. The van der Waals surface area contributed by atoms with E-state index in [1.165, 1.54) is 11.8 Å². The highest BCUT2D eigenvalue weighted by Gasteiger charge is 2.19. The molecule has 2 aromatic rings. The highest BCUT2D eigenvalue weighted by Crippen LogP contribution is 2.22. The molecule has 1 aromatic heterocycles. The molecule has 0 saturated heterocycles. The van der Waals surface area contributed by atoms with Crippen LogP contribution in [0.2, 0.25) is 0 Å². The van der Waals surface area contributed by atoms with Crippen LogP contribution in [0.25, 0.3) is 0 Å². The first-order valence-electron chi connectivity index (χ1n) is 8.64. The maximum atomic E-state index is 12.3. The Balaban J connectivity index is 1.89. The lowest BCUT2D eigenvalue weighted by atomic mass is 10.1. The van der Waals surface area contributed by atoms with E-state index in [1.54, 1.807) is 13.0 Å². The van der Waals surface area contributed by atoms with Crippen molar-refractivity contribution in [3.63, 3.8) is 0 Å². The number of aryl methyl sites for hydroxylation is 3. The molecule has 1 atom stereocenters. The molecule has 1 heterocycles. The molecule has 0 saturated carbocycles. The first-order valence-corrected chi connectivity index (χ1v) is 9.52. The van der Waals surface area contributed by atoms with E-state index in [0.29, 0.717) is 11.7 Å². The number of anilines is 1. The maximum absolute atomic E-state index is 12.3. The van der Waals surface area contributed by atoms with Gasteiger partial charge in [-0.1, -0.05) is 36.0 Å². The summed E-state index contributed by atoms with van der Waals surface area (Å²) in [4.78, 5) is 24.5. The van der Waals surface area contributed by atoms with Crippen LogP contribution in [0.3, 0.4) is 0 Å². The Morgan fingerprint density at radius 1 is 1.26 bits per heavy atom. The topological polar surface area (TPSA) is 88.9 Å². The molecule has 2 rings (SSSR count). The van der Waals surface area contributed by atoms with Crippen molar-refractivity contribution in [2.24, 2.45) is 0 Å². The number of nitrogens with one attached hydrogen (secondary N) is 2. The number of thioether (sulfide) groups is 1. The maximum Gasteiger partial charge on any atom is 0.243 e. The van der Waals surface area contributed by atoms with Gasteiger partial charge in [-0.25, -0.2) is 0 Å². The second-order valence-electron chi connectivity index (χ2n) is 6.22. The highest BCUT2D eigenvalue weighted by atomic mass is 32.2. The van der Waals surface area contributed by atoms with Crippen molar-refractivity contribution >= 4 is 29.3 Å². The molecule has 0 aliphatic heterocycles. The Labute approximate surface area is 163 Å². The minimum Gasteiger partial charge on any atom is -0.346 e. The molecule has 1 aromatic carbocycles. The standard InChI is InChI=1S/C19H25N5O2S/c1-6-10-24-15(5)22-23-19(24)27-14(4)18(26)20-11-16(25)21-17-12(2)8-7-9-13(17)3/h6-9,14H,1,10-11H2,2-5H3,(H,20,26)(H,21,25)/t14-/m1/s1. The van der Waals surface area contributed by atoms with Gasteiger partial charge in [-0.15, -0.1) is 16.8 Å². The lowest BCUT2D eigenvalue weighted by Gasteiger charge is -2.14. The highest BCUT2D eigenvalue weighted by molar-refractivity contribution is 8.00. The zero-order valence-electron chi connectivity index (χ0n) is 16.1. The smallest absolute Gasteiger partial charge is 0.243 e. The summed E-state index contributed by atoms with van der Waals surface area (Å²) < 4.78 is 1.88. The normalized spacial score (nSPS) is 11.7. The van der Waals surface area contributed by atoms with Crippen molar-refractivity contribution in [1.29, 1.82) is 0 Å². The molecule has 0 radical (unpaired) electrons. The summed E-state index contributed by atoms with van der Waals surface area (Å²) in [6.45, 7) is 11.7. The van der Waals surface area contributed by atoms with Crippen LogP contribution in [0, 0.1) is 20.8 Å². The predicted octanol–water partition coefficient (Wildman–Crippen LogP) is 2.62. The van der Waals surface area contributed by atoms with Gasteiger partial charge in [0.25, 0.3) is 0 Å². The third-order valence-corrected chi connectivity index (χ3v) is 5.11. The summed E-state index contributed by atoms with van der Waals surface area (Å²) in [6, 6.07) is 5.80. The zero-order valence-corrected chi connectivity index (χ0v) is 16.9. The minimum absolute atomic E-state index is 0.0874. The molecule has 0 bridgehead atoms. The second kappa shape index (κ2) is 9.36.